The van der Waals surface area contributed by atoms with Crippen LogP contribution < -0.4 is 10.1 Å². The molecule has 1 aromatic carbocycles. The fourth-order valence-electron chi connectivity index (χ4n) is 3.24. The maximum Gasteiger partial charge on any atom is 0.274 e. The molecule has 2 N–H and O–H groups in total. The number of aromatic amines is 1. The lowest BCUT2D eigenvalue weighted by atomic mass is 10.0. The number of benzene rings is 1. The number of hydrogen-bond acceptors (Lipinski definition) is 5. The number of anilines is 1. The zero-order chi connectivity index (χ0) is 19.1. The molecular weight excluding hydrogens is 342 g/mol. The van der Waals surface area contributed by atoms with Crippen molar-refractivity contribution in [2.24, 2.45) is 0 Å². The maximum atomic E-state index is 12.8. The summed E-state index contributed by atoms with van der Waals surface area (Å²) in [5.41, 5.74) is 4.64. The van der Waals surface area contributed by atoms with E-state index in [-0.39, 0.29) is 17.5 Å². The molecule has 7 heteroatoms. The summed E-state index contributed by atoms with van der Waals surface area (Å²) in [5, 5.41) is 20.7. The monoisotopic (exact) mass is 361 g/mol. The van der Waals surface area contributed by atoms with Gasteiger partial charge in [0.1, 0.15) is 17.3 Å². The molecule has 0 radical (unpaired) electrons. The van der Waals surface area contributed by atoms with Crippen molar-refractivity contribution in [3.8, 4) is 11.9 Å². The van der Waals surface area contributed by atoms with Crippen LogP contribution in [-0.4, -0.2) is 28.2 Å². The third-order valence-corrected chi connectivity index (χ3v) is 5.05. The molecule has 7 nitrogen and oxygen atoms in total. The number of carbonyl (C=O) groups excluding carboxylic acids is 1. The highest BCUT2D eigenvalue weighted by Gasteiger charge is 2.28. The number of amides is 1. The summed E-state index contributed by atoms with van der Waals surface area (Å²) >= 11 is 0. The van der Waals surface area contributed by atoms with Crippen LogP contribution in [-0.2, 0) is 0 Å². The average molecular weight is 361 g/mol. The maximum absolute atomic E-state index is 12.8. The Morgan fingerprint density at radius 2 is 2.11 bits per heavy atom. The second-order valence-electron chi connectivity index (χ2n) is 6.80. The number of pyridine rings is 1. The number of ether oxygens (including phenoxy) is 1. The minimum atomic E-state index is -0.339. The predicted molar refractivity (Wildman–Crippen MR) is 101 cm³/mol. The van der Waals surface area contributed by atoms with E-state index in [0.29, 0.717) is 28.3 Å². The first-order chi connectivity index (χ1) is 13.0. The van der Waals surface area contributed by atoms with Gasteiger partial charge in [-0.15, -0.1) is 0 Å². The Morgan fingerprint density at radius 1 is 1.33 bits per heavy atom. The molecule has 0 spiro atoms. The summed E-state index contributed by atoms with van der Waals surface area (Å²) < 4.78 is 5.18. The number of hydrogen-bond donors (Lipinski definition) is 2. The molecule has 3 aromatic rings. The first-order valence-electron chi connectivity index (χ1n) is 8.78. The van der Waals surface area contributed by atoms with E-state index in [1.165, 1.54) is 7.11 Å². The Balaban J connectivity index is 1.68. The summed E-state index contributed by atoms with van der Waals surface area (Å²) in [6.45, 7) is 3.57. The van der Waals surface area contributed by atoms with E-state index in [1.807, 2.05) is 18.2 Å². The van der Waals surface area contributed by atoms with Gasteiger partial charge >= 0.3 is 0 Å². The molecule has 1 aliphatic carbocycles. The summed E-state index contributed by atoms with van der Waals surface area (Å²) in [5.74, 6) is 0.334. The molecule has 0 atom stereocenters. The SMILES string of the molecule is COc1nc(C(=O)Nc2ccc3[nH]nc(C4CC4)c3c2)c(C)c(C)c1C#N. The first-order valence-corrected chi connectivity index (χ1v) is 8.78. The number of fused-ring (bicyclic) bond motifs is 1. The number of rotatable bonds is 4. The summed E-state index contributed by atoms with van der Waals surface area (Å²) in [6.07, 6.45) is 2.31. The van der Waals surface area contributed by atoms with E-state index in [2.05, 4.69) is 26.6 Å². The van der Waals surface area contributed by atoms with E-state index in [0.717, 1.165) is 29.4 Å². The Bertz CT molecular complexity index is 1110. The van der Waals surface area contributed by atoms with Crippen LogP contribution in [0.4, 0.5) is 5.69 Å². The zero-order valence-corrected chi connectivity index (χ0v) is 15.4. The Morgan fingerprint density at radius 3 is 2.78 bits per heavy atom. The highest BCUT2D eigenvalue weighted by Crippen LogP contribution is 2.42. The minimum Gasteiger partial charge on any atom is -0.480 e. The Labute approximate surface area is 156 Å². The number of carbonyl (C=O) groups is 1. The van der Waals surface area contributed by atoms with Gasteiger partial charge in [-0.2, -0.15) is 10.4 Å². The lowest BCUT2D eigenvalue weighted by Gasteiger charge is -2.13. The molecule has 1 fully saturated rings. The summed E-state index contributed by atoms with van der Waals surface area (Å²) in [6, 6.07) is 7.76. The molecule has 2 heterocycles. The minimum absolute atomic E-state index is 0.159. The molecule has 1 saturated carbocycles. The van der Waals surface area contributed by atoms with Gasteiger partial charge in [0, 0.05) is 17.0 Å². The lowest BCUT2D eigenvalue weighted by molar-refractivity contribution is 0.102. The Kier molecular flexibility index (Phi) is 4.04. The van der Waals surface area contributed by atoms with Crippen molar-refractivity contribution in [2.45, 2.75) is 32.6 Å². The quantitative estimate of drug-likeness (QED) is 0.739. The molecule has 1 amide bonds. The van der Waals surface area contributed by atoms with Gasteiger partial charge in [-0.05, 0) is 56.0 Å². The number of H-pyrrole nitrogens is 1. The van der Waals surface area contributed by atoms with Gasteiger partial charge in [-0.25, -0.2) is 4.98 Å². The number of methoxy groups -OCH3 is 1. The van der Waals surface area contributed by atoms with Crippen LogP contribution in [0.2, 0.25) is 0 Å². The fraction of sp³-hybridized carbons (Fsp3) is 0.300. The Hall–Kier alpha value is -3.40. The predicted octanol–water partition coefficient (Wildman–Crippen LogP) is 3.58. The topological polar surface area (TPSA) is 104 Å². The molecule has 136 valence electrons. The van der Waals surface area contributed by atoms with E-state index >= 15 is 0 Å². The van der Waals surface area contributed by atoms with Gasteiger partial charge in [-0.3, -0.25) is 9.89 Å². The van der Waals surface area contributed by atoms with Crippen LogP contribution in [0.25, 0.3) is 10.9 Å². The van der Waals surface area contributed by atoms with Gasteiger partial charge in [0.2, 0.25) is 5.88 Å². The van der Waals surface area contributed by atoms with Crippen molar-refractivity contribution in [2.75, 3.05) is 12.4 Å². The lowest BCUT2D eigenvalue weighted by Crippen LogP contribution is -2.17. The second-order valence-corrected chi connectivity index (χ2v) is 6.80. The van der Waals surface area contributed by atoms with Crippen molar-refractivity contribution in [3.63, 3.8) is 0 Å². The van der Waals surface area contributed by atoms with Gasteiger partial charge in [0.15, 0.2) is 0 Å². The number of nitrogens with one attached hydrogen (secondary N) is 2. The molecule has 0 bridgehead atoms. The van der Waals surface area contributed by atoms with Crippen LogP contribution in [0, 0.1) is 25.2 Å². The van der Waals surface area contributed by atoms with E-state index in [1.54, 1.807) is 13.8 Å². The third-order valence-electron chi connectivity index (χ3n) is 5.05. The van der Waals surface area contributed by atoms with Crippen LogP contribution in [0.5, 0.6) is 5.88 Å². The normalized spacial score (nSPS) is 13.4. The molecule has 0 unspecified atom stereocenters. The molecule has 27 heavy (non-hydrogen) atoms. The molecule has 2 aromatic heterocycles. The fourth-order valence-corrected chi connectivity index (χ4v) is 3.24. The largest absolute Gasteiger partial charge is 0.480 e. The number of nitrogens with zero attached hydrogens (tertiary/aromatic N) is 3. The van der Waals surface area contributed by atoms with E-state index in [4.69, 9.17) is 4.74 Å². The van der Waals surface area contributed by atoms with Crippen molar-refractivity contribution in [1.29, 1.82) is 5.26 Å². The van der Waals surface area contributed by atoms with E-state index in [9.17, 15) is 10.1 Å². The molecule has 4 rings (SSSR count). The molecule has 0 aliphatic heterocycles. The number of nitriles is 1. The van der Waals surface area contributed by atoms with Gasteiger partial charge in [0.05, 0.1) is 18.3 Å². The van der Waals surface area contributed by atoms with Crippen LogP contribution in [0.3, 0.4) is 0 Å². The second kappa shape index (κ2) is 6.40. The van der Waals surface area contributed by atoms with Crippen LogP contribution >= 0.6 is 0 Å². The van der Waals surface area contributed by atoms with Crippen molar-refractivity contribution in [1.82, 2.24) is 15.2 Å². The third kappa shape index (κ3) is 2.89. The van der Waals surface area contributed by atoms with Gasteiger partial charge < -0.3 is 10.1 Å². The first kappa shape index (κ1) is 17.0. The van der Waals surface area contributed by atoms with Crippen molar-refractivity contribution >= 4 is 22.5 Å². The standard InChI is InChI=1S/C20H19N5O2/c1-10-11(2)17(23-20(27-3)15(10)9-21)19(26)22-13-6-7-16-14(8-13)18(25-24-16)12-4-5-12/h6-8,12H,4-5H2,1-3H3,(H,22,26)(H,24,25). The highest BCUT2D eigenvalue weighted by molar-refractivity contribution is 6.05. The number of aromatic nitrogens is 3. The highest BCUT2D eigenvalue weighted by atomic mass is 16.5. The van der Waals surface area contributed by atoms with Crippen LogP contribution in [0.15, 0.2) is 18.2 Å². The summed E-state index contributed by atoms with van der Waals surface area (Å²) in [7, 11) is 1.44. The molecular formula is C20H19N5O2. The van der Waals surface area contributed by atoms with Crippen LogP contribution in [0.1, 0.15) is 51.6 Å². The smallest absolute Gasteiger partial charge is 0.274 e. The van der Waals surface area contributed by atoms with Crippen molar-refractivity contribution < 1.29 is 9.53 Å². The average Bonchev–Trinajstić information content (AvgIpc) is 3.43. The molecule has 1 aliphatic rings. The van der Waals surface area contributed by atoms with Crippen molar-refractivity contribution in [3.05, 3.63) is 46.3 Å². The summed E-state index contributed by atoms with van der Waals surface area (Å²) in [4.78, 5) is 17.1. The van der Waals surface area contributed by atoms with E-state index < -0.39 is 0 Å². The van der Waals surface area contributed by atoms with Gasteiger partial charge in [-0.1, -0.05) is 0 Å². The molecule has 0 saturated heterocycles. The zero-order valence-electron chi connectivity index (χ0n) is 15.4. The van der Waals surface area contributed by atoms with Gasteiger partial charge in [0.25, 0.3) is 5.91 Å².